The Labute approximate surface area is 98.5 Å². The molecule has 0 aliphatic rings. The van der Waals surface area contributed by atoms with Crippen LogP contribution in [0.1, 0.15) is 15.9 Å². The predicted octanol–water partition coefficient (Wildman–Crippen LogP) is 0.580. The van der Waals surface area contributed by atoms with Crippen LogP contribution in [0.4, 0.5) is 5.69 Å². The number of benzene rings is 1. The Morgan fingerprint density at radius 1 is 1.24 bits per heavy atom. The number of methoxy groups -OCH3 is 2. The summed E-state index contributed by atoms with van der Waals surface area (Å²) in [5, 5.41) is 0. The van der Waals surface area contributed by atoms with Crippen LogP contribution < -0.4 is 5.73 Å². The fraction of sp³-hybridized carbons (Fsp3) is 0.167. The number of rotatable bonds is 1. The maximum atomic E-state index is 11.3. The van der Waals surface area contributed by atoms with Crippen molar-refractivity contribution >= 4 is 17.6 Å². The number of nitrogens with two attached hydrogens (primary N) is 1. The van der Waals surface area contributed by atoms with Crippen molar-refractivity contribution in [2.24, 2.45) is 0 Å². The van der Waals surface area contributed by atoms with Gasteiger partial charge in [0.1, 0.15) is 0 Å². The lowest BCUT2D eigenvalue weighted by Crippen LogP contribution is -2.03. The minimum Gasteiger partial charge on any atom is -0.465 e. The fourth-order valence-electron chi connectivity index (χ4n) is 1.08. The van der Waals surface area contributed by atoms with Crippen LogP contribution in [0.5, 0.6) is 0 Å². The summed E-state index contributed by atoms with van der Waals surface area (Å²) in [6.07, 6.45) is 0. The molecule has 0 bridgehead atoms. The van der Waals surface area contributed by atoms with Gasteiger partial charge in [-0.05, 0) is 18.2 Å². The summed E-state index contributed by atoms with van der Waals surface area (Å²) in [6.45, 7) is 0. The summed E-state index contributed by atoms with van der Waals surface area (Å²) in [5.74, 6) is 3.59. The van der Waals surface area contributed by atoms with Crippen molar-refractivity contribution in [2.75, 3.05) is 20.0 Å². The zero-order chi connectivity index (χ0) is 12.8. The van der Waals surface area contributed by atoms with Gasteiger partial charge in [0.05, 0.1) is 19.8 Å². The maximum absolute atomic E-state index is 11.3. The standard InChI is InChI=1S/C12H11NO4/c1-16-11(14)6-4-8-7-9(12(15)17-2)3-5-10(8)13/h3,5,7H,13H2,1-2H3. The first-order valence-corrected chi connectivity index (χ1v) is 4.66. The Kier molecular flexibility index (Phi) is 4.12. The van der Waals surface area contributed by atoms with E-state index in [1.54, 1.807) is 0 Å². The summed E-state index contributed by atoms with van der Waals surface area (Å²) >= 11 is 0. The second kappa shape index (κ2) is 5.56. The molecule has 0 saturated heterocycles. The molecule has 0 spiro atoms. The normalized spacial score (nSPS) is 8.82. The van der Waals surface area contributed by atoms with E-state index in [9.17, 15) is 9.59 Å². The van der Waals surface area contributed by atoms with Crippen LogP contribution in [0.3, 0.4) is 0 Å². The molecular formula is C12H11NO4. The van der Waals surface area contributed by atoms with Crippen molar-refractivity contribution in [3.05, 3.63) is 29.3 Å². The molecule has 0 atom stereocenters. The van der Waals surface area contributed by atoms with Crippen molar-refractivity contribution in [3.63, 3.8) is 0 Å². The Morgan fingerprint density at radius 3 is 2.53 bits per heavy atom. The second-order valence-electron chi connectivity index (χ2n) is 3.04. The van der Waals surface area contributed by atoms with Crippen molar-refractivity contribution in [3.8, 4) is 11.8 Å². The van der Waals surface area contributed by atoms with Gasteiger partial charge in [0.15, 0.2) is 0 Å². The minimum absolute atomic E-state index is 0.316. The van der Waals surface area contributed by atoms with Crippen LogP contribution in [0, 0.1) is 11.8 Å². The molecule has 2 N–H and O–H groups in total. The molecule has 17 heavy (non-hydrogen) atoms. The van der Waals surface area contributed by atoms with Gasteiger partial charge in [-0.2, -0.15) is 0 Å². The van der Waals surface area contributed by atoms with E-state index in [1.165, 1.54) is 32.4 Å². The number of hydrogen-bond acceptors (Lipinski definition) is 5. The van der Waals surface area contributed by atoms with Crippen molar-refractivity contribution < 1.29 is 19.1 Å². The summed E-state index contributed by atoms with van der Waals surface area (Å²) in [4.78, 5) is 22.1. The molecule has 0 unspecified atom stereocenters. The Balaban J connectivity index is 3.09. The van der Waals surface area contributed by atoms with Gasteiger partial charge >= 0.3 is 11.9 Å². The Morgan fingerprint density at radius 2 is 1.94 bits per heavy atom. The number of carbonyl (C=O) groups is 2. The van der Waals surface area contributed by atoms with Gasteiger partial charge in [-0.25, -0.2) is 9.59 Å². The molecular weight excluding hydrogens is 222 g/mol. The van der Waals surface area contributed by atoms with Gasteiger partial charge in [-0.15, -0.1) is 0 Å². The number of carbonyl (C=O) groups excluding carboxylic acids is 2. The summed E-state index contributed by atoms with van der Waals surface area (Å²) < 4.78 is 8.92. The van der Waals surface area contributed by atoms with E-state index in [0.29, 0.717) is 16.8 Å². The first-order valence-electron chi connectivity index (χ1n) is 4.66. The third-order valence-electron chi connectivity index (χ3n) is 1.96. The van der Waals surface area contributed by atoms with Gasteiger partial charge in [0, 0.05) is 17.2 Å². The average molecular weight is 233 g/mol. The maximum Gasteiger partial charge on any atom is 0.384 e. The number of esters is 2. The largest absolute Gasteiger partial charge is 0.465 e. The Bertz CT molecular complexity index is 511. The van der Waals surface area contributed by atoms with E-state index in [0.717, 1.165) is 0 Å². The quantitative estimate of drug-likeness (QED) is 0.436. The van der Waals surface area contributed by atoms with E-state index >= 15 is 0 Å². The predicted molar refractivity (Wildman–Crippen MR) is 61.1 cm³/mol. The highest BCUT2D eigenvalue weighted by atomic mass is 16.5. The molecule has 1 aromatic rings. The first-order chi connectivity index (χ1) is 8.08. The van der Waals surface area contributed by atoms with Crippen LogP contribution in [-0.4, -0.2) is 26.2 Å². The van der Waals surface area contributed by atoms with Crippen molar-refractivity contribution in [2.45, 2.75) is 0 Å². The molecule has 1 aromatic carbocycles. The summed E-state index contributed by atoms with van der Waals surface area (Å²) in [6, 6.07) is 4.50. The lowest BCUT2D eigenvalue weighted by Gasteiger charge is -2.02. The number of nitrogen functional groups attached to an aromatic ring is 1. The number of anilines is 1. The van der Waals surface area contributed by atoms with Crippen LogP contribution in [0.15, 0.2) is 18.2 Å². The highest BCUT2D eigenvalue weighted by Crippen LogP contribution is 2.13. The monoisotopic (exact) mass is 233 g/mol. The lowest BCUT2D eigenvalue weighted by atomic mass is 10.1. The first kappa shape index (κ1) is 12.6. The van der Waals surface area contributed by atoms with Gasteiger partial charge in [0.25, 0.3) is 0 Å². The minimum atomic E-state index is -0.673. The van der Waals surface area contributed by atoms with Crippen molar-refractivity contribution in [1.82, 2.24) is 0 Å². The smallest absolute Gasteiger partial charge is 0.384 e. The Hall–Kier alpha value is -2.48. The molecule has 0 aromatic heterocycles. The molecule has 0 heterocycles. The van der Waals surface area contributed by atoms with E-state index < -0.39 is 11.9 Å². The zero-order valence-electron chi connectivity index (χ0n) is 9.44. The van der Waals surface area contributed by atoms with E-state index in [1.807, 2.05) is 0 Å². The highest BCUT2D eigenvalue weighted by molar-refractivity contribution is 5.92. The molecule has 0 radical (unpaired) electrons. The van der Waals surface area contributed by atoms with E-state index in [4.69, 9.17) is 5.73 Å². The van der Waals surface area contributed by atoms with E-state index in [-0.39, 0.29) is 0 Å². The van der Waals surface area contributed by atoms with Crippen LogP contribution in [-0.2, 0) is 14.3 Å². The van der Waals surface area contributed by atoms with Gasteiger partial charge in [-0.3, -0.25) is 0 Å². The van der Waals surface area contributed by atoms with E-state index in [2.05, 4.69) is 21.3 Å². The molecule has 0 aliphatic heterocycles. The number of ether oxygens (including phenoxy) is 2. The molecule has 88 valence electrons. The second-order valence-corrected chi connectivity index (χ2v) is 3.04. The molecule has 1 rings (SSSR count). The topological polar surface area (TPSA) is 78.6 Å². The van der Waals surface area contributed by atoms with Crippen LogP contribution in [0.2, 0.25) is 0 Å². The molecule has 0 fully saturated rings. The molecule has 0 amide bonds. The number of hydrogen-bond donors (Lipinski definition) is 1. The van der Waals surface area contributed by atoms with Gasteiger partial charge < -0.3 is 15.2 Å². The fourth-order valence-corrected chi connectivity index (χ4v) is 1.08. The molecule has 0 saturated carbocycles. The van der Waals surface area contributed by atoms with Gasteiger partial charge in [-0.1, -0.05) is 5.92 Å². The zero-order valence-corrected chi connectivity index (χ0v) is 9.44. The summed E-state index contributed by atoms with van der Waals surface area (Å²) in [7, 11) is 2.50. The molecule has 0 aliphatic carbocycles. The summed E-state index contributed by atoms with van der Waals surface area (Å²) in [5.41, 5.74) is 6.71. The molecule has 5 heteroatoms. The molecule has 5 nitrogen and oxygen atoms in total. The highest BCUT2D eigenvalue weighted by Gasteiger charge is 2.07. The van der Waals surface area contributed by atoms with Crippen LogP contribution in [0.25, 0.3) is 0 Å². The SMILES string of the molecule is COC(=O)C#Cc1cc(C(=O)OC)ccc1N. The third-order valence-corrected chi connectivity index (χ3v) is 1.96. The lowest BCUT2D eigenvalue weighted by molar-refractivity contribution is -0.133. The van der Waals surface area contributed by atoms with Crippen molar-refractivity contribution in [1.29, 1.82) is 0 Å². The van der Waals surface area contributed by atoms with Crippen LogP contribution >= 0.6 is 0 Å². The average Bonchev–Trinajstić information content (AvgIpc) is 2.36. The third kappa shape index (κ3) is 3.24. The van der Waals surface area contributed by atoms with Gasteiger partial charge in [0.2, 0.25) is 0 Å².